The fraction of sp³-hybridized carbons (Fsp3) is 0.235. The zero-order valence-corrected chi connectivity index (χ0v) is 14.4. The predicted octanol–water partition coefficient (Wildman–Crippen LogP) is 6.44. The van der Waals surface area contributed by atoms with Crippen molar-refractivity contribution in [3.8, 4) is 0 Å². The minimum atomic E-state index is -0.0906. The van der Waals surface area contributed by atoms with Crippen molar-refractivity contribution in [1.29, 1.82) is 0 Å². The molecule has 0 N–H and O–H groups in total. The zero-order chi connectivity index (χ0) is 15.6. The molecule has 2 aromatic carbocycles. The van der Waals surface area contributed by atoms with Gasteiger partial charge in [-0.15, -0.1) is 0 Å². The molecule has 0 aliphatic carbocycles. The van der Waals surface area contributed by atoms with E-state index >= 15 is 0 Å². The molecule has 2 rings (SSSR count). The van der Waals surface area contributed by atoms with Gasteiger partial charge in [-0.1, -0.05) is 64.6 Å². The molecule has 0 aromatic heterocycles. The Morgan fingerprint density at radius 1 is 1.00 bits per heavy atom. The maximum atomic E-state index is 6.24. The summed E-state index contributed by atoms with van der Waals surface area (Å²) in [6.45, 7) is 6.11. The lowest BCUT2D eigenvalue weighted by Crippen LogP contribution is -1.95. The molecule has 0 fully saturated rings. The molecule has 0 saturated heterocycles. The highest BCUT2D eigenvalue weighted by atomic mass is 35.5. The average Bonchev–Trinajstić information content (AvgIpc) is 2.45. The molecule has 0 heterocycles. The lowest BCUT2D eigenvalue weighted by molar-refractivity contribution is 0.825. The molecule has 0 aliphatic heterocycles. The zero-order valence-electron chi connectivity index (χ0n) is 12.1. The Labute approximate surface area is 140 Å². The van der Waals surface area contributed by atoms with Crippen molar-refractivity contribution in [2.75, 3.05) is 0 Å². The van der Waals surface area contributed by atoms with E-state index in [1.165, 1.54) is 11.1 Å². The minimum Gasteiger partial charge on any atom is -0.285 e. The Kier molecular flexibility index (Phi) is 5.32. The molecule has 0 bridgehead atoms. The molecule has 1 nitrogen and oxygen atoms in total. The normalized spacial score (nSPS) is 12.9. The number of hydrogen-bond donors (Lipinski definition) is 0. The van der Waals surface area contributed by atoms with E-state index in [4.69, 9.17) is 34.8 Å². The van der Waals surface area contributed by atoms with Crippen molar-refractivity contribution in [2.45, 2.75) is 26.8 Å². The van der Waals surface area contributed by atoms with Crippen molar-refractivity contribution in [2.24, 2.45) is 4.99 Å². The lowest BCUT2D eigenvalue weighted by Gasteiger charge is -2.11. The van der Waals surface area contributed by atoms with E-state index in [0.717, 1.165) is 11.1 Å². The summed E-state index contributed by atoms with van der Waals surface area (Å²) in [6, 6.07) is 9.81. The van der Waals surface area contributed by atoms with Gasteiger partial charge in [0.2, 0.25) is 0 Å². The third-order valence-corrected chi connectivity index (χ3v) is 4.70. The van der Waals surface area contributed by atoms with Crippen LogP contribution in [0.5, 0.6) is 0 Å². The van der Waals surface area contributed by atoms with Crippen LogP contribution in [-0.4, -0.2) is 6.21 Å². The van der Waals surface area contributed by atoms with Crippen LogP contribution in [0.1, 0.15) is 35.2 Å². The van der Waals surface area contributed by atoms with E-state index in [-0.39, 0.29) is 6.04 Å². The van der Waals surface area contributed by atoms with Gasteiger partial charge in [0, 0.05) is 6.21 Å². The largest absolute Gasteiger partial charge is 0.285 e. The van der Waals surface area contributed by atoms with Crippen molar-refractivity contribution in [3.63, 3.8) is 0 Å². The van der Waals surface area contributed by atoms with Gasteiger partial charge in [-0.05, 0) is 43.5 Å². The number of halogens is 3. The lowest BCUT2D eigenvalue weighted by atomic mass is 10.1. The Bertz CT molecular complexity index is 693. The number of hydrogen-bond acceptors (Lipinski definition) is 1. The summed E-state index contributed by atoms with van der Waals surface area (Å²) in [6.07, 6.45) is 1.88. The topological polar surface area (TPSA) is 12.4 Å². The van der Waals surface area contributed by atoms with Crippen LogP contribution in [0.25, 0.3) is 0 Å². The molecule has 0 amide bonds. The van der Waals surface area contributed by atoms with Gasteiger partial charge in [-0.3, -0.25) is 4.99 Å². The molecule has 1 atom stereocenters. The monoisotopic (exact) mass is 339 g/mol. The number of nitrogens with zero attached hydrogens (tertiary/aromatic N) is 1. The molecular weight excluding hydrogens is 325 g/mol. The van der Waals surface area contributed by atoms with Crippen molar-refractivity contribution in [3.05, 3.63) is 67.7 Å². The minimum absolute atomic E-state index is 0.0906. The Morgan fingerprint density at radius 2 is 1.71 bits per heavy atom. The fourth-order valence-corrected chi connectivity index (χ4v) is 2.74. The summed E-state index contributed by atoms with van der Waals surface area (Å²) >= 11 is 18.3. The molecule has 0 saturated carbocycles. The van der Waals surface area contributed by atoms with E-state index < -0.39 is 0 Å². The number of aryl methyl sites for hydroxylation is 2. The van der Waals surface area contributed by atoms with Crippen LogP contribution in [0.2, 0.25) is 15.1 Å². The molecule has 110 valence electrons. The Hall–Kier alpha value is -1.02. The second-order valence-corrected chi connectivity index (χ2v) is 6.24. The summed E-state index contributed by atoms with van der Waals surface area (Å²) in [7, 11) is 0. The molecule has 0 aliphatic rings. The number of aliphatic imine (C=N–C) groups is 1. The maximum absolute atomic E-state index is 6.24. The molecule has 0 radical (unpaired) electrons. The first-order chi connectivity index (χ1) is 9.90. The second kappa shape index (κ2) is 6.83. The first kappa shape index (κ1) is 16.4. The van der Waals surface area contributed by atoms with Gasteiger partial charge in [0.05, 0.1) is 21.1 Å². The van der Waals surface area contributed by atoms with Crippen LogP contribution in [0.4, 0.5) is 0 Å². The van der Waals surface area contributed by atoms with Gasteiger partial charge >= 0.3 is 0 Å². The standard InChI is InChI=1S/C17H16Cl3N/c1-10-4-5-11(2)13(8-10)9-21-12(3)14-6-7-15(18)17(20)16(14)19/h4-9,12H,1-3H3. The smallest absolute Gasteiger partial charge is 0.0782 e. The van der Waals surface area contributed by atoms with Crippen LogP contribution in [-0.2, 0) is 0 Å². The quantitative estimate of drug-likeness (QED) is 0.450. The molecule has 21 heavy (non-hydrogen) atoms. The second-order valence-electron chi connectivity index (χ2n) is 5.08. The summed E-state index contributed by atoms with van der Waals surface area (Å²) in [5.74, 6) is 0. The van der Waals surface area contributed by atoms with E-state index in [1.54, 1.807) is 6.07 Å². The molecule has 1 unspecified atom stereocenters. The first-order valence-electron chi connectivity index (χ1n) is 6.64. The number of rotatable bonds is 3. The third kappa shape index (κ3) is 3.79. The van der Waals surface area contributed by atoms with Gasteiger partial charge in [0.15, 0.2) is 0 Å². The summed E-state index contributed by atoms with van der Waals surface area (Å²) in [5.41, 5.74) is 4.38. The average molecular weight is 341 g/mol. The molecule has 0 spiro atoms. The Morgan fingerprint density at radius 3 is 2.43 bits per heavy atom. The van der Waals surface area contributed by atoms with E-state index in [2.05, 4.69) is 37.0 Å². The summed E-state index contributed by atoms with van der Waals surface area (Å²) in [5, 5.41) is 1.30. The van der Waals surface area contributed by atoms with Gasteiger partial charge in [0.25, 0.3) is 0 Å². The first-order valence-corrected chi connectivity index (χ1v) is 7.77. The van der Waals surface area contributed by atoms with Crippen LogP contribution >= 0.6 is 34.8 Å². The number of benzene rings is 2. The van der Waals surface area contributed by atoms with E-state index in [0.29, 0.717) is 15.1 Å². The van der Waals surface area contributed by atoms with Gasteiger partial charge in [0.1, 0.15) is 0 Å². The highest BCUT2D eigenvalue weighted by molar-refractivity contribution is 6.48. The van der Waals surface area contributed by atoms with Crippen LogP contribution in [0.15, 0.2) is 35.3 Å². The molecular formula is C17H16Cl3N. The van der Waals surface area contributed by atoms with Gasteiger partial charge in [-0.2, -0.15) is 0 Å². The van der Waals surface area contributed by atoms with Crippen LogP contribution in [0.3, 0.4) is 0 Å². The highest BCUT2D eigenvalue weighted by Crippen LogP contribution is 2.36. The van der Waals surface area contributed by atoms with Gasteiger partial charge in [-0.25, -0.2) is 0 Å². The van der Waals surface area contributed by atoms with Crippen molar-refractivity contribution >= 4 is 41.0 Å². The van der Waals surface area contributed by atoms with E-state index in [9.17, 15) is 0 Å². The van der Waals surface area contributed by atoms with Crippen molar-refractivity contribution < 1.29 is 0 Å². The predicted molar refractivity (Wildman–Crippen MR) is 93.4 cm³/mol. The highest BCUT2D eigenvalue weighted by Gasteiger charge is 2.13. The molecule has 2 aromatic rings. The van der Waals surface area contributed by atoms with Crippen molar-refractivity contribution in [1.82, 2.24) is 0 Å². The van der Waals surface area contributed by atoms with Gasteiger partial charge < -0.3 is 0 Å². The van der Waals surface area contributed by atoms with Crippen LogP contribution in [0, 0.1) is 13.8 Å². The fourth-order valence-electron chi connectivity index (χ4n) is 2.03. The maximum Gasteiger partial charge on any atom is 0.0782 e. The SMILES string of the molecule is Cc1ccc(C)c(C=NC(C)c2ccc(Cl)c(Cl)c2Cl)c1. The molecule has 4 heteroatoms. The summed E-state index contributed by atoms with van der Waals surface area (Å²) in [4.78, 5) is 4.59. The third-order valence-electron chi connectivity index (χ3n) is 3.39. The van der Waals surface area contributed by atoms with Crippen LogP contribution < -0.4 is 0 Å². The summed E-state index contributed by atoms with van der Waals surface area (Å²) < 4.78 is 0. The Balaban J connectivity index is 2.29. The van der Waals surface area contributed by atoms with E-state index in [1.807, 2.05) is 19.2 Å².